The van der Waals surface area contributed by atoms with Crippen molar-refractivity contribution in [2.75, 3.05) is 30.0 Å². The standard InChI is InChI=1S/C23H23N3O3/c1-3-28-18-10-8-17(9-11-18)25-23(27)19-5-4-6-20-22(19)29-14-13-26(20)21-12-7-16(2)15-24-21/h4-12,15H,3,13-14H2,1-2H3,(H,25,27). The summed E-state index contributed by atoms with van der Waals surface area (Å²) in [6.07, 6.45) is 1.84. The molecule has 1 amide bonds. The number of nitrogens with zero attached hydrogens (tertiary/aromatic N) is 2. The van der Waals surface area contributed by atoms with Crippen molar-refractivity contribution >= 4 is 23.1 Å². The molecule has 148 valence electrons. The molecule has 0 aliphatic carbocycles. The zero-order chi connectivity index (χ0) is 20.2. The molecular weight excluding hydrogens is 366 g/mol. The molecule has 6 nitrogen and oxygen atoms in total. The number of para-hydroxylation sites is 1. The van der Waals surface area contributed by atoms with Crippen molar-refractivity contribution in [3.8, 4) is 11.5 Å². The number of anilines is 3. The number of aromatic nitrogens is 1. The van der Waals surface area contributed by atoms with Gasteiger partial charge in [0, 0.05) is 11.9 Å². The summed E-state index contributed by atoms with van der Waals surface area (Å²) in [6.45, 7) is 5.70. The minimum atomic E-state index is -0.218. The van der Waals surface area contributed by atoms with Gasteiger partial charge in [0.2, 0.25) is 0 Å². The van der Waals surface area contributed by atoms with Crippen LogP contribution in [0.3, 0.4) is 0 Å². The van der Waals surface area contributed by atoms with E-state index >= 15 is 0 Å². The number of carbonyl (C=O) groups is 1. The molecule has 1 aromatic heterocycles. The molecule has 2 aromatic carbocycles. The number of hydrogen-bond acceptors (Lipinski definition) is 5. The fourth-order valence-electron chi connectivity index (χ4n) is 3.28. The van der Waals surface area contributed by atoms with E-state index in [1.807, 2.05) is 68.6 Å². The van der Waals surface area contributed by atoms with E-state index in [4.69, 9.17) is 9.47 Å². The SMILES string of the molecule is CCOc1ccc(NC(=O)c2cccc3c2OCCN3c2ccc(C)cn2)cc1. The quantitative estimate of drug-likeness (QED) is 0.692. The Balaban J connectivity index is 1.59. The van der Waals surface area contributed by atoms with Crippen molar-refractivity contribution in [3.05, 3.63) is 71.9 Å². The lowest BCUT2D eigenvalue weighted by atomic mass is 10.1. The Morgan fingerprint density at radius 1 is 1.17 bits per heavy atom. The maximum atomic E-state index is 12.9. The maximum absolute atomic E-state index is 12.9. The van der Waals surface area contributed by atoms with Gasteiger partial charge in [0.05, 0.1) is 24.4 Å². The molecule has 0 bridgehead atoms. The third-order valence-corrected chi connectivity index (χ3v) is 4.69. The number of nitrogens with one attached hydrogen (secondary N) is 1. The van der Waals surface area contributed by atoms with Gasteiger partial charge in [-0.25, -0.2) is 4.98 Å². The van der Waals surface area contributed by atoms with Crippen molar-refractivity contribution in [2.24, 2.45) is 0 Å². The minimum Gasteiger partial charge on any atom is -0.494 e. The van der Waals surface area contributed by atoms with E-state index in [9.17, 15) is 4.79 Å². The summed E-state index contributed by atoms with van der Waals surface area (Å²) >= 11 is 0. The number of carbonyl (C=O) groups excluding carboxylic acids is 1. The predicted molar refractivity (Wildman–Crippen MR) is 113 cm³/mol. The van der Waals surface area contributed by atoms with Gasteiger partial charge in [-0.3, -0.25) is 4.79 Å². The summed E-state index contributed by atoms with van der Waals surface area (Å²) in [5, 5.41) is 2.93. The zero-order valence-corrected chi connectivity index (χ0v) is 16.5. The summed E-state index contributed by atoms with van der Waals surface area (Å²) in [5.41, 5.74) is 3.13. The van der Waals surface area contributed by atoms with Gasteiger partial charge in [-0.15, -0.1) is 0 Å². The third kappa shape index (κ3) is 4.01. The van der Waals surface area contributed by atoms with E-state index in [-0.39, 0.29) is 5.91 Å². The van der Waals surface area contributed by atoms with Crippen molar-refractivity contribution in [1.82, 2.24) is 4.98 Å². The van der Waals surface area contributed by atoms with Crippen LogP contribution in [0.2, 0.25) is 0 Å². The molecule has 1 aliphatic heterocycles. The molecule has 1 N–H and O–H groups in total. The fourth-order valence-corrected chi connectivity index (χ4v) is 3.28. The van der Waals surface area contributed by atoms with Gasteiger partial charge in [0.15, 0.2) is 5.75 Å². The average molecular weight is 389 g/mol. The molecule has 0 unspecified atom stereocenters. The second-order valence-electron chi connectivity index (χ2n) is 6.76. The lowest BCUT2D eigenvalue weighted by Crippen LogP contribution is -2.30. The number of ether oxygens (including phenoxy) is 2. The van der Waals surface area contributed by atoms with Crippen LogP contribution in [0.4, 0.5) is 17.2 Å². The number of rotatable bonds is 5. The summed E-state index contributed by atoms with van der Waals surface area (Å²) in [4.78, 5) is 19.5. The Morgan fingerprint density at radius 3 is 2.72 bits per heavy atom. The maximum Gasteiger partial charge on any atom is 0.259 e. The average Bonchev–Trinajstić information content (AvgIpc) is 2.75. The number of aryl methyl sites for hydroxylation is 1. The molecule has 0 radical (unpaired) electrons. The van der Waals surface area contributed by atoms with Crippen LogP contribution in [-0.4, -0.2) is 30.6 Å². The number of fused-ring (bicyclic) bond motifs is 1. The monoisotopic (exact) mass is 389 g/mol. The second kappa shape index (κ2) is 8.22. The van der Waals surface area contributed by atoms with E-state index in [1.54, 1.807) is 6.07 Å². The van der Waals surface area contributed by atoms with Gasteiger partial charge in [-0.2, -0.15) is 0 Å². The van der Waals surface area contributed by atoms with E-state index in [0.717, 1.165) is 22.8 Å². The fraction of sp³-hybridized carbons (Fsp3) is 0.217. The van der Waals surface area contributed by atoms with Crippen LogP contribution < -0.4 is 19.7 Å². The van der Waals surface area contributed by atoms with Crippen molar-refractivity contribution < 1.29 is 14.3 Å². The van der Waals surface area contributed by atoms with Crippen LogP contribution in [0.1, 0.15) is 22.8 Å². The van der Waals surface area contributed by atoms with E-state index < -0.39 is 0 Å². The van der Waals surface area contributed by atoms with Crippen LogP contribution >= 0.6 is 0 Å². The highest BCUT2D eigenvalue weighted by molar-refractivity contribution is 6.07. The summed E-state index contributed by atoms with van der Waals surface area (Å²) in [6, 6.07) is 16.9. The minimum absolute atomic E-state index is 0.218. The van der Waals surface area contributed by atoms with E-state index in [0.29, 0.717) is 36.8 Å². The van der Waals surface area contributed by atoms with Crippen molar-refractivity contribution in [1.29, 1.82) is 0 Å². The van der Waals surface area contributed by atoms with Crippen molar-refractivity contribution in [2.45, 2.75) is 13.8 Å². The molecular formula is C23H23N3O3. The molecule has 1 aliphatic rings. The first-order valence-electron chi connectivity index (χ1n) is 9.66. The molecule has 2 heterocycles. The molecule has 29 heavy (non-hydrogen) atoms. The van der Waals surface area contributed by atoms with Gasteiger partial charge in [-0.1, -0.05) is 12.1 Å². The molecule has 0 spiro atoms. The Kier molecular flexibility index (Phi) is 5.33. The first-order valence-corrected chi connectivity index (χ1v) is 9.66. The van der Waals surface area contributed by atoms with E-state index in [2.05, 4.69) is 15.2 Å². The first-order chi connectivity index (χ1) is 14.2. The Labute approximate surface area is 170 Å². The molecule has 6 heteroatoms. The second-order valence-corrected chi connectivity index (χ2v) is 6.76. The predicted octanol–water partition coefficient (Wildman–Crippen LogP) is 4.57. The van der Waals surface area contributed by atoms with Crippen LogP contribution in [0.5, 0.6) is 11.5 Å². The third-order valence-electron chi connectivity index (χ3n) is 4.69. The van der Waals surface area contributed by atoms with Gasteiger partial charge >= 0.3 is 0 Å². The van der Waals surface area contributed by atoms with Gasteiger partial charge in [0.1, 0.15) is 18.2 Å². The highest BCUT2D eigenvalue weighted by Crippen LogP contribution is 2.38. The Bertz CT molecular complexity index is 1000. The highest BCUT2D eigenvalue weighted by Gasteiger charge is 2.25. The topological polar surface area (TPSA) is 63.7 Å². The van der Waals surface area contributed by atoms with Crippen LogP contribution in [-0.2, 0) is 0 Å². The van der Waals surface area contributed by atoms with Gasteiger partial charge in [-0.05, 0) is 61.9 Å². The van der Waals surface area contributed by atoms with Crippen LogP contribution in [0, 0.1) is 6.92 Å². The molecule has 0 fully saturated rings. The molecule has 3 aromatic rings. The smallest absolute Gasteiger partial charge is 0.259 e. The number of amides is 1. The first kappa shape index (κ1) is 18.8. The van der Waals surface area contributed by atoms with Crippen LogP contribution in [0.15, 0.2) is 60.8 Å². The number of hydrogen-bond donors (Lipinski definition) is 1. The summed E-state index contributed by atoms with van der Waals surface area (Å²) < 4.78 is 11.3. The zero-order valence-electron chi connectivity index (χ0n) is 16.5. The molecule has 0 saturated heterocycles. The lowest BCUT2D eigenvalue weighted by Gasteiger charge is -2.31. The molecule has 0 atom stereocenters. The van der Waals surface area contributed by atoms with Gasteiger partial charge < -0.3 is 19.7 Å². The highest BCUT2D eigenvalue weighted by atomic mass is 16.5. The van der Waals surface area contributed by atoms with Crippen molar-refractivity contribution in [3.63, 3.8) is 0 Å². The number of benzene rings is 2. The Hall–Kier alpha value is -3.54. The largest absolute Gasteiger partial charge is 0.494 e. The van der Waals surface area contributed by atoms with Crippen LogP contribution in [0.25, 0.3) is 0 Å². The van der Waals surface area contributed by atoms with E-state index in [1.165, 1.54) is 0 Å². The Morgan fingerprint density at radius 2 is 2.00 bits per heavy atom. The lowest BCUT2D eigenvalue weighted by molar-refractivity contribution is 0.102. The molecule has 0 saturated carbocycles. The normalized spacial score (nSPS) is 12.7. The van der Waals surface area contributed by atoms with Gasteiger partial charge in [0.25, 0.3) is 5.91 Å². The number of pyridine rings is 1. The summed E-state index contributed by atoms with van der Waals surface area (Å²) in [7, 11) is 0. The summed E-state index contributed by atoms with van der Waals surface area (Å²) in [5.74, 6) is 1.96. The molecule has 4 rings (SSSR count).